The fraction of sp³-hybridized carbons (Fsp3) is 1.00. The van der Waals surface area contributed by atoms with Crippen LogP contribution in [0.15, 0.2) is 0 Å². The molecule has 2 heterocycles. The summed E-state index contributed by atoms with van der Waals surface area (Å²) in [5, 5.41) is 0. The third-order valence-corrected chi connectivity index (χ3v) is 5.02. The molecule has 1 saturated carbocycles. The van der Waals surface area contributed by atoms with Crippen LogP contribution >= 0.6 is 0 Å². The zero-order chi connectivity index (χ0) is 10.4. The quantitative estimate of drug-likeness (QED) is 0.681. The molecule has 0 bridgehead atoms. The predicted octanol–water partition coefficient (Wildman–Crippen LogP) is 1.67. The molecule has 1 aliphatic carbocycles. The average Bonchev–Trinajstić information content (AvgIpc) is 2.68. The highest BCUT2D eigenvalue weighted by Crippen LogP contribution is 2.43. The van der Waals surface area contributed by atoms with Crippen LogP contribution in [0, 0.1) is 17.8 Å². The van der Waals surface area contributed by atoms with Gasteiger partial charge in [-0.3, -0.25) is 4.90 Å². The highest BCUT2D eigenvalue weighted by atomic mass is 15.3. The van der Waals surface area contributed by atoms with Crippen molar-refractivity contribution in [3.8, 4) is 0 Å². The van der Waals surface area contributed by atoms with Crippen molar-refractivity contribution in [1.82, 2.24) is 9.80 Å². The second kappa shape index (κ2) is 3.74. The van der Waals surface area contributed by atoms with E-state index in [2.05, 4.69) is 23.8 Å². The summed E-state index contributed by atoms with van der Waals surface area (Å²) in [6.07, 6.45) is 4.47. The molecule has 0 spiro atoms. The minimum atomic E-state index is 0.903. The highest BCUT2D eigenvalue weighted by Gasteiger charge is 2.43. The molecule has 0 aromatic carbocycles. The summed E-state index contributed by atoms with van der Waals surface area (Å²) in [6, 6.07) is 0.903. The lowest BCUT2D eigenvalue weighted by Crippen LogP contribution is -2.57. The summed E-state index contributed by atoms with van der Waals surface area (Å²) in [7, 11) is 2.24. The SMILES string of the molecule is CCC1C[C@@H]2CN(C3CN(C)C3)C[C@@H]2C1. The standard InChI is InChI=1S/C13H24N2/c1-3-10-4-11-6-15(7-12(11)5-10)13-8-14(2)9-13/h10-13H,3-9H2,1-2H3/t10?,11-,12+. The van der Waals surface area contributed by atoms with E-state index >= 15 is 0 Å². The summed E-state index contributed by atoms with van der Waals surface area (Å²) in [5.74, 6) is 3.17. The van der Waals surface area contributed by atoms with E-state index in [0.717, 1.165) is 23.8 Å². The molecule has 86 valence electrons. The van der Waals surface area contributed by atoms with Gasteiger partial charge >= 0.3 is 0 Å². The molecule has 0 N–H and O–H groups in total. The molecule has 2 saturated heterocycles. The van der Waals surface area contributed by atoms with E-state index in [0.29, 0.717) is 0 Å². The van der Waals surface area contributed by atoms with Crippen LogP contribution < -0.4 is 0 Å². The summed E-state index contributed by atoms with van der Waals surface area (Å²) >= 11 is 0. The number of nitrogens with zero attached hydrogens (tertiary/aromatic N) is 2. The molecule has 0 amide bonds. The molecule has 3 aliphatic rings. The van der Waals surface area contributed by atoms with Gasteiger partial charge in [-0.05, 0) is 37.6 Å². The molecule has 15 heavy (non-hydrogen) atoms. The van der Waals surface area contributed by atoms with Crippen LogP contribution in [0.5, 0.6) is 0 Å². The Labute approximate surface area is 93.6 Å². The maximum absolute atomic E-state index is 2.78. The molecule has 3 fully saturated rings. The molecule has 0 aromatic heterocycles. The number of hydrogen-bond acceptors (Lipinski definition) is 2. The van der Waals surface area contributed by atoms with Gasteiger partial charge in [-0.1, -0.05) is 13.3 Å². The van der Waals surface area contributed by atoms with Gasteiger partial charge < -0.3 is 4.90 Å². The largest absolute Gasteiger partial charge is 0.303 e. The Morgan fingerprint density at radius 1 is 1.00 bits per heavy atom. The molecule has 3 rings (SSSR count). The fourth-order valence-corrected chi connectivity index (χ4v) is 3.99. The Morgan fingerprint density at radius 3 is 2.07 bits per heavy atom. The van der Waals surface area contributed by atoms with E-state index in [-0.39, 0.29) is 0 Å². The van der Waals surface area contributed by atoms with Gasteiger partial charge in [-0.25, -0.2) is 0 Å². The Bertz CT molecular complexity index is 221. The van der Waals surface area contributed by atoms with Crippen molar-refractivity contribution in [2.45, 2.75) is 32.2 Å². The van der Waals surface area contributed by atoms with Crippen LogP contribution in [0.3, 0.4) is 0 Å². The normalized spacial score (nSPS) is 43.2. The van der Waals surface area contributed by atoms with E-state index in [9.17, 15) is 0 Å². The van der Waals surface area contributed by atoms with Gasteiger partial charge in [-0.15, -0.1) is 0 Å². The topological polar surface area (TPSA) is 6.48 Å². The van der Waals surface area contributed by atoms with Gasteiger partial charge in [0.1, 0.15) is 0 Å². The van der Waals surface area contributed by atoms with Crippen molar-refractivity contribution in [2.24, 2.45) is 17.8 Å². The van der Waals surface area contributed by atoms with E-state index < -0.39 is 0 Å². The van der Waals surface area contributed by atoms with Crippen molar-refractivity contribution < 1.29 is 0 Å². The lowest BCUT2D eigenvalue weighted by molar-refractivity contribution is 0.0624. The lowest BCUT2D eigenvalue weighted by Gasteiger charge is -2.42. The average molecular weight is 208 g/mol. The Kier molecular flexibility index (Phi) is 2.52. The van der Waals surface area contributed by atoms with Gasteiger partial charge in [0.2, 0.25) is 0 Å². The smallest absolute Gasteiger partial charge is 0.0350 e. The summed E-state index contributed by atoms with van der Waals surface area (Å²) in [6.45, 7) is 7.83. The monoisotopic (exact) mass is 208 g/mol. The number of rotatable bonds is 2. The molecular weight excluding hydrogens is 184 g/mol. The molecule has 1 unspecified atom stereocenters. The van der Waals surface area contributed by atoms with Gasteiger partial charge in [0.15, 0.2) is 0 Å². The molecular formula is C13H24N2. The zero-order valence-corrected chi connectivity index (χ0v) is 10.2. The first kappa shape index (κ1) is 10.1. The molecule has 0 aromatic rings. The van der Waals surface area contributed by atoms with E-state index in [1.54, 1.807) is 0 Å². The first-order chi connectivity index (χ1) is 7.26. The number of likely N-dealkylation sites (tertiary alicyclic amines) is 2. The van der Waals surface area contributed by atoms with Crippen LogP contribution in [-0.4, -0.2) is 49.1 Å². The Morgan fingerprint density at radius 2 is 1.60 bits per heavy atom. The molecule has 2 nitrogen and oxygen atoms in total. The van der Waals surface area contributed by atoms with Gasteiger partial charge in [0.25, 0.3) is 0 Å². The third-order valence-electron chi connectivity index (χ3n) is 5.02. The van der Waals surface area contributed by atoms with Crippen LogP contribution in [0.25, 0.3) is 0 Å². The van der Waals surface area contributed by atoms with Gasteiger partial charge in [0.05, 0.1) is 0 Å². The lowest BCUT2D eigenvalue weighted by atomic mass is 10.0. The minimum Gasteiger partial charge on any atom is -0.303 e. The zero-order valence-electron chi connectivity index (χ0n) is 10.2. The van der Waals surface area contributed by atoms with Crippen LogP contribution in [0.2, 0.25) is 0 Å². The molecule has 2 heteroatoms. The van der Waals surface area contributed by atoms with Crippen molar-refractivity contribution in [3.05, 3.63) is 0 Å². The minimum absolute atomic E-state index is 0.903. The van der Waals surface area contributed by atoms with Gasteiger partial charge in [0, 0.05) is 32.2 Å². The second-order valence-electron chi connectivity index (χ2n) is 6.09. The van der Waals surface area contributed by atoms with Gasteiger partial charge in [-0.2, -0.15) is 0 Å². The van der Waals surface area contributed by atoms with Crippen LogP contribution in [0.1, 0.15) is 26.2 Å². The summed E-state index contributed by atoms with van der Waals surface area (Å²) in [5.41, 5.74) is 0. The Balaban J connectivity index is 1.53. The van der Waals surface area contributed by atoms with Crippen molar-refractivity contribution in [1.29, 1.82) is 0 Å². The first-order valence-corrected chi connectivity index (χ1v) is 6.68. The maximum Gasteiger partial charge on any atom is 0.0350 e. The second-order valence-corrected chi connectivity index (χ2v) is 6.09. The maximum atomic E-state index is 2.78. The summed E-state index contributed by atoms with van der Waals surface area (Å²) < 4.78 is 0. The Hall–Kier alpha value is -0.0800. The highest BCUT2D eigenvalue weighted by molar-refractivity contribution is 4.97. The third kappa shape index (κ3) is 1.72. The molecule has 3 atom stereocenters. The fourth-order valence-electron chi connectivity index (χ4n) is 3.99. The van der Waals surface area contributed by atoms with Crippen molar-refractivity contribution in [3.63, 3.8) is 0 Å². The summed E-state index contributed by atoms with van der Waals surface area (Å²) in [4.78, 5) is 5.22. The van der Waals surface area contributed by atoms with Crippen molar-refractivity contribution >= 4 is 0 Å². The molecule has 0 radical (unpaired) electrons. The van der Waals surface area contributed by atoms with E-state index in [4.69, 9.17) is 0 Å². The number of likely N-dealkylation sites (N-methyl/N-ethyl adjacent to an activating group) is 1. The number of fused-ring (bicyclic) bond motifs is 1. The first-order valence-electron chi connectivity index (χ1n) is 6.68. The predicted molar refractivity (Wildman–Crippen MR) is 62.9 cm³/mol. The van der Waals surface area contributed by atoms with E-state index in [1.807, 2.05) is 0 Å². The van der Waals surface area contributed by atoms with Crippen LogP contribution in [0.4, 0.5) is 0 Å². The van der Waals surface area contributed by atoms with E-state index in [1.165, 1.54) is 45.4 Å². The number of hydrogen-bond donors (Lipinski definition) is 0. The molecule has 2 aliphatic heterocycles. The van der Waals surface area contributed by atoms with Crippen molar-refractivity contribution in [2.75, 3.05) is 33.2 Å². The van der Waals surface area contributed by atoms with Crippen LogP contribution in [-0.2, 0) is 0 Å².